The van der Waals surface area contributed by atoms with Crippen LogP contribution in [0.2, 0.25) is 0 Å². The number of unbranched alkanes of at least 4 members (excludes halogenated alkanes) is 1. The van der Waals surface area contributed by atoms with E-state index in [0.29, 0.717) is 46.2 Å². The molecule has 0 fully saturated rings. The van der Waals surface area contributed by atoms with Gasteiger partial charge in [0.25, 0.3) is 10.1 Å². The summed E-state index contributed by atoms with van der Waals surface area (Å²) in [5, 5.41) is 10.7. The number of pyridine rings is 1. The molecule has 9 nitrogen and oxygen atoms in total. The van der Waals surface area contributed by atoms with Gasteiger partial charge in [0.2, 0.25) is 11.0 Å². The van der Waals surface area contributed by atoms with Crippen LogP contribution in [0.5, 0.6) is 11.5 Å². The van der Waals surface area contributed by atoms with Crippen molar-refractivity contribution < 1.29 is 41.7 Å². The molecule has 1 aromatic heterocycles. The van der Waals surface area contributed by atoms with Crippen LogP contribution < -0.4 is 14.0 Å². The molecule has 2 N–H and O–H groups in total. The summed E-state index contributed by atoms with van der Waals surface area (Å²) in [6.45, 7) is 3.84. The van der Waals surface area contributed by atoms with E-state index in [1.807, 2.05) is 83.4 Å². The fourth-order valence-corrected chi connectivity index (χ4v) is 6.16. The number of hydrogen-bond donors (Lipinski definition) is 2. The number of esters is 1. The van der Waals surface area contributed by atoms with Crippen molar-refractivity contribution >= 4 is 56.0 Å². The molecule has 0 aliphatic heterocycles. The third kappa shape index (κ3) is 7.25. The standard InChI is InChI=1S/C36H33NO8S/c1-23-20-27(35(38)39)21-24(2)34(23)45-36(40)33-29-8-4-5-9-31(29)37(18-6-7-19-46(41,42)43)32-17-14-26(22-30(32)33)11-10-25-12-15-28(44-3)16-13-25/h4-5,8-17,20-22H,6-7,18-19H2,1-3H3,(H-,38,39,41,42,43)/p+1/b11-10+. The zero-order valence-corrected chi connectivity index (χ0v) is 26.5. The lowest BCUT2D eigenvalue weighted by Gasteiger charge is -2.15. The summed E-state index contributed by atoms with van der Waals surface area (Å²) in [5.41, 5.74) is 4.79. The molecule has 0 aliphatic rings. The highest BCUT2D eigenvalue weighted by Crippen LogP contribution is 2.31. The number of rotatable bonds is 11. The first-order valence-electron chi connectivity index (χ1n) is 14.7. The number of benzene rings is 4. The highest BCUT2D eigenvalue weighted by Gasteiger charge is 2.26. The Morgan fingerprint density at radius 3 is 2.11 bits per heavy atom. The zero-order valence-electron chi connectivity index (χ0n) is 25.7. The van der Waals surface area contributed by atoms with Crippen molar-refractivity contribution in [3.8, 4) is 11.5 Å². The minimum absolute atomic E-state index is 0.105. The van der Waals surface area contributed by atoms with Gasteiger partial charge in [0.15, 0.2) is 0 Å². The van der Waals surface area contributed by atoms with Crippen LogP contribution >= 0.6 is 0 Å². The van der Waals surface area contributed by atoms with E-state index in [-0.39, 0.29) is 17.7 Å². The summed E-state index contributed by atoms with van der Waals surface area (Å²) in [4.78, 5) is 25.7. The van der Waals surface area contributed by atoms with E-state index in [1.54, 1.807) is 21.0 Å². The first-order valence-corrected chi connectivity index (χ1v) is 16.3. The Morgan fingerprint density at radius 2 is 1.46 bits per heavy atom. The summed E-state index contributed by atoms with van der Waals surface area (Å²) in [5.74, 6) is -0.953. The molecule has 0 radical (unpaired) electrons. The minimum Gasteiger partial charge on any atom is -0.497 e. The number of para-hydroxylation sites is 1. The topological polar surface area (TPSA) is 131 Å². The average Bonchev–Trinajstić information content (AvgIpc) is 3.02. The lowest BCUT2D eigenvalue weighted by Crippen LogP contribution is -2.37. The quantitative estimate of drug-likeness (QED) is 0.0312. The van der Waals surface area contributed by atoms with Crippen LogP contribution in [0.3, 0.4) is 0 Å². The second-order valence-corrected chi connectivity index (χ2v) is 12.6. The molecule has 0 saturated heterocycles. The molecule has 5 aromatic rings. The largest absolute Gasteiger partial charge is 0.497 e. The van der Waals surface area contributed by atoms with Gasteiger partial charge in [0.1, 0.15) is 18.0 Å². The summed E-state index contributed by atoms with van der Waals surface area (Å²) >= 11 is 0. The van der Waals surface area contributed by atoms with Crippen LogP contribution in [0.1, 0.15) is 55.8 Å². The van der Waals surface area contributed by atoms with Gasteiger partial charge in [-0.15, -0.1) is 0 Å². The molecule has 10 heteroatoms. The van der Waals surface area contributed by atoms with Gasteiger partial charge in [-0.05, 0) is 85.0 Å². The van der Waals surface area contributed by atoms with E-state index in [1.165, 1.54) is 12.1 Å². The molecule has 236 valence electrons. The third-order valence-corrected chi connectivity index (χ3v) is 8.57. The molecule has 0 unspecified atom stereocenters. The number of methoxy groups -OCH3 is 1. The Labute approximate surface area is 267 Å². The predicted octanol–water partition coefficient (Wildman–Crippen LogP) is 6.66. The number of carboxylic acid groups (broad SMARTS) is 1. The van der Waals surface area contributed by atoms with Crippen molar-refractivity contribution in [3.63, 3.8) is 0 Å². The van der Waals surface area contributed by atoms with Crippen molar-refractivity contribution in [2.45, 2.75) is 33.2 Å². The van der Waals surface area contributed by atoms with Crippen LogP contribution in [0.25, 0.3) is 34.0 Å². The number of nitrogens with zero attached hydrogens (tertiary/aromatic N) is 1. The van der Waals surface area contributed by atoms with E-state index in [0.717, 1.165) is 27.9 Å². The van der Waals surface area contributed by atoms with Gasteiger partial charge >= 0.3 is 11.9 Å². The van der Waals surface area contributed by atoms with Gasteiger partial charge in [0.05, 0.1) is 34.8 Å². The number of carboxylic acids is 1. The molecule has 4 aromatic carbocycles. The minimum atomic E-state index is -4.08. The molecule has 0 saturated carbocycles. The molecule has 0 spiro atoms. The smallest absolute Gasteiger partial charge is 0.345 e. The number of aromatic nitrogens is 1. The number of fused-ring (bicyclic) bond motifs is 2. The van der Waals surface area contributed by atoms with E-state index in [2.05, 4.69) is 0 Å². The zero-order chi connectivity index (χ0) is 33.0. The van der Waals surface area contributed by atoms with Crippen LogP contribution in [0, 0.1) is 13.8 Å². The molecular formula is C36H34NO8S+. The predicted molar refractivity (Wildman–Crippen MR) is 177 cm³/mol. The molecule has 5 rings (SSSR count). The number of aryl methyl sites for hydroxylation is 3. The summed E-state index contributed by atoms with van der Waals surface area (Å²) < 4.78 is 45.2. The van der Waals surface area contributed by atoms with Gasteiger partial charge in [-0.1, -0.05) is 36.4 Å². The maximum atomic E-state index is 14.1. The summed E-state index contributed by atoms with van der Waals surface area (Å²) in [6.07, 6.45) is 4.64. The lowest BCUT2D eigenvalue weighted by molar-refractivity contribution is -0.645. The summed E-state index contributed by atoms with van der Waals surface area (Å²) in [7, 11) is -2.47. The van der Waals surface area contributed by atoms with Crippen LogP contribution in [-0.4, -0.2) is 42.9 Å². The van der Waals surface area contributed by atoms with E-state index in [9.17, 15) is 27.7 Å². The molecule has 0 atom stereocenters. The maximum absolute atomic E-state index is 14.1. The van der Waals surface area contributed by atoms with Crippen molar-refractivity contribution in [2.24, 2.45) is 0 Å². The maximum Gasteiger partial charge on any atom is 0.345 e. The van der Waals surface area contributed by atoms with Gasteiger partial charge in [-0.3, -0.25) is 4.55 Å². The fraction of sp³-hybridized carbons (Fsp3) is 0.194. The first-order chi connectivity index (χ1) is 21.9. The fourth-order valence-electron chi connectivity index (χ4n) is 5.59. The van der Waals surface area contributed by atoms with Crippen molar-refractivity contribution in [1.82, 2.24) is 0 Å². The molecule has 0 amide bonds. The van der Waals surface area contributed by atoms with Gasteiger partial charge in [0, 0.05) is 18.6 Å². The van der Waals surface area contributed by atoms with Crippen LogP contribution in [0.4, 0.5) is 0 Å². The number of carbonyl (C=O) groups excluding carboxylic acids is 1. The Morgan fingerprint density at radius 1 is 0.826 bits per heavy atom. The molecular weight excluding hydrogens is 606 g/mol. The Kier molecular flexibility index (Phi) is 9.50. The molecule has 0 aliphatic carbocycles. The van der Waals surface area contributed by atoms with E-state index >= 15 is 0 Å². The van der Waals surface area contributed by atoms with Gasteiger partial charge < -0.3 is 14.6 Å². The van der Waals surface area contributed by atoms with Gasteiger partial charge in [-0.25, -0.2) is 9.59 Å². The molecule has 1 heterocycles. The van der Waals surface area contributed by atoms with Crippen LogP contribution in [0.15, 0.2) is 78.9 Å². The lowest BCUT2D eigenvalue weighted by atomic mass is 9.99. The van der Waals surface area contributed by atoms with Crippen LogP contribution in [-0.2, 0) is 16.7 Å². The highest BCUT2D eigenvalue weighted by molar-refractivity contribution is 7.85. The van der Waals surface area contributed by atoms with E-state index < -0.39 is 22.1 Å². The number of aromatic carboxylic acids is 1. The number of ether oxygens (including phenoxy) is 2. The summed E-state index contributed by atoms with van der Waals surface area (Å²) in [6, 6.07) is 23.8. The second kappa shape index (κ2) is 13.5. The van der Waals surface area contributed by atoms with Gasteiger partial charge in [-0.2, -0.15) is 13.0 Å². The normalized spacial score (nSPS) is 11.7. The number of hydrogen-bond acceptors (Lipinski definition) is 6. The first kappa shape index (κ1) is 32.3. The molecule has 46 heavy (non-hydrogen) atoms. The molecule has 0 bridgehead atoms. The monoisotopic (exact) mass is 640 g/mol. The Hall–Kier alpha value is -5.06. The van der Waals surface area contributed by atoms with E-state index in [4.69, 9.17) is 9.47 Å². The second-order valence-electron chi connectivity index (χ2n) is 11.1. The Bertz CT molecular complexity index is 2080. The Balaban J connectivity index is 1.64. The SMILES string of the molecule is COc1ccc(/C=C/c2ccc3c(c2)c(C(=O)Oc2c(C)cc(C(=O)O)cc2C)c2ccccc2[n+]3CCCCS(=O)(=O)O)cc1. The third-order valence-electron chi connectivity index (χ3n) is 7.77. The van der Waals surface area contributed by atoms with Crippen molar-refractivity contribution in [3.05, 3.63) is 112 Å². The highest BCUT2D eigenvalue weighted by atomic mass is 32.2. The number of carbonyl (C=O) groups is 2. The van der Waals surface area contributed by atoms with Crippen molar-refractivity contribution in [2.75, 3.05) is 12.9 Å². The average molecular weight is 641 g/mol. The van der Waals surface area contributed by atoms with Crippen molar-refractivity contribution in [1.29, 1.82) is 0 Å².